The Morgan fingerprint density at radius 3 is 2.62 bits per heavy atom. The summed E-state index contributed by atoms with van der Waals surface area (Å²) in [5.74, 6) is -0.314. The molecule has 1 aliphatic carbocycles. The van der Waals surface area contributed by atoms with Gasteiger partial charge in [-0.3, -0.25) is 9.59 Å². The number of rotatable bonds is 6. The molecule has 1 amide bonds. The summed E-state index contributed by atoms with van der Waals surface area (Å²) in [6.07, 6.45) is 3.48. The molecular formula is C11H20N2O3. The third-order valence-electron chi connectivity index (χ3n) is 2.85. The molecular weight excluding hydrogens is 208 g/mol. The first-order valence-electron chi connectivity index (χ1n) is 5.81. The molecule has 0 atom stereocenters. The van der Waals surface area contributed by atoms with E-state index in [1.807, 2.05) is 0 Å². The first-order chi connectivity index (χ1) is 7.58. The molecule has 0 aromatic heterocycles. The molecule has 1 rings (SSSR count). The van der Waals surface area contributed by atoms with Gasteiger partial charge in [0.1, 0.15) is 0 Å². The van der Waals surface area contributed by atoms with Crippen LogP contribution in [0, 0.1) is 0 Å². The summed E-state index contributed by atoms with van der Waals surface area (Å²) in [6, 6.07) is 0. The fraction of sp³-hybridized carbons (Fsp3) is 0.818. The molecule has 0 aliphatic heterocycles. The van der Waals surface area contributed by atoms with Crippen LogP contribution in [0.25, 0.3) is 0 Å². The van der Waals surface area contributed by atoms with Crippen molar-refractivity contribution in [3.8, 4) is 0 Å². The summed E-state index contributed by atoms with van der Waals surface area (Å²) in [6.45, 7) is 2.65. The highest BCUT2D eigenvalue weighted by Gasteiger charge is 2.39. The third-order valence-corrected chi connectivity index (χ3v) is 2.85. The van der Waals surface area contributed by atoms with E-state index < -0.39 is 5.54 Å². The predicted molar refractivity (Wildman–Crippen MR) is 59.6 cm³/mol. The predicted octanol–water partition coefficient (Wildman–Crippen LogP) is 0.327. The van der Waals surface area contributed by atoms with Gasteiger partial charge >= 0.3 is 5.97 Å². The average molecular weight is 228 g/mol. The first-order valence-corrected chi connectivity index (χ1v) is 5.81. The number of hydrogen-bond donors (Lipinski definition) is 2. The molecule has 1 fully saturated rings. The van der Waals surface area contributed by atoms with Crippen molar-refractivity contribution in [2.75, 3.05) is 13.2 Å². The normalized spacial score (nSPS) is 17.4. The molecule has 0 heterocycles. The van der Waals surface area contributed by atoms with Gasteiger partial charge in [0, 0.05) is 13.0 Å². The number of nitrogens with two attached hydrogens (primary N) is 1. The van der Waals surface area contributed by atoms with Crippen LogP contribution in [0.3, 0.4) is 0 Å². The van der Waals surface area contributed by atoms with E-state index in [9.17, 15) is 9.59 Å². The van der Waals surface area contributed by atoms with Crippen LogP contribution >= 0.6 is 0 Å². The maximum absolute atomic E-state index is 11.6. The Balaban J connectivity index is 2.07. The van der Waals surface area contributed by atoms with Crippen LogP contribution in [0.1, 0.15) is 39.0 Å². The Labute approximate surface area is 95.7 Å². The molecule has 5 heteroatoms. The van der Waals surface area contributed by atoms with Crippen molar-refractivity contribution in [1.82, 2.24) is 5.32 Å². The van der Waals surface area contributed by atoms with Crippen LogP contribution in [0.15, 0.2) is 0 Å². The smallest absolute Gasteiger partial charge is 0.305 e. The standard InChI is InChI=1S/C11H20N2O3/c1-2-16-9(14)5-3-8-13-10(15)11(12)6-4-7-11/h2-8,12H2,1H3,(H,13,15). The molecule has 0 aromatic rings. The number of ether oxygens (including phenoxy) is 1. The van der Waals surface area contributed by atoms with Crippen LogP contribution in [-0.4, -0.2) is 30.6 Å². The summed E-state index contributed by atoms with van der Waals surface area (Å²) in [5, 5.41) is 2.75. The molecule has 3 N–H and O–H groups in total. The minimum atomic E-state index is -0.649. The largest absolute Gasteiger partial charge is 0.466 e. The van der Waals surface area contributed by atoms with Crippen LogP contribution in [0.4, 0.5) is 0 Å². The molecule has 1 saturated carbocycles. The van der Waals surface area contributed by atoms with Gasteiger partial charge < -0.3 is 15.8 Å². The van der Waals surface area contributed by atoms with Gasteiger partial charge in [-0.2, -0.15) is 0 Å². The van der Waals surface area contributed by atoms with Crippen molar-refractivity contribution in [2.45, 2.75) is 44.6 Å². The van der Waals surface area contributed by atoms with Crippen molar-refractivity contribution in [3.05, 3.63) is 0 Å². The van der Waals surface area contributed by atoms with Gasteiger partial charge in [0.05, 0.1) is 12.1 Å². The van der Waals surface area contributed by atoms with Gasteiger partial charge in [-0.05, 0) is 32.6 Å². The number of esters is 1. The Hall–Kier alpha value is -1.10. The van der Waals surface area contributed by atoms with E-state index in [0.29, 0.717) is 26.0 Å². The fourth-order valence-electron chi connectivity index (χ4n) is 1.63. The van der Waals surface area contributed by atoms with Crippen LogP contribution in [-0.2, 0) is 14.3 Å². The number of hydrogen-bond acceptors (Lipinski definition) is 4. The highest BCUT2D eigenvalue weighted by molar-refractivity contribution is 5.87. The molecule has 16 heavy (non-hydrogen) atoms. The van der Waals surface area contributed by atoms with E-state index in [0.717, 1.165) is 19.3 Å². The van der Waals surface area contributed by atoms with Gasteiger partial charge in [0.15, 0.2) is 0 Å². The van der Waals surface area contributed by atoms with Crippen molar-refractivity contribution in [2.24, 2.45) is 5.73 Å². The zero-order valence-electron chi connectivity index (χ0n) is 9.75. The van der Waals surface area contributed by atoms with E-state index in [2.05, 4.69) is 5.32 Å². The second-order valence-corrected chi connectivity index (χ2v) is 4.17. The monoisotopic (exact) mass is 228 g/mol. The molecule has 0 saturated heterocycles. The number of amides is 1. The Bertz CT molecular complexity index is 262. The zero-order valence-corrected chi connectivity index (χ0v) is 9.75. The molecule has 1 aliphatic rings. The number of carbonyl (C=O) groups is 2. The summed E-state index contributed by atoms with van der Waals surface area (Å²) in [4.78, 5) is 22.6. The Morgan fingerprint density at radius 2 is 2.12 bits per heavy atom. The molecule has 0 unspecified atom stereocenters. The number of carbonyl (C=O) groups excluding carboxylic acids is 2. The Morgan fingerprint density at radius 1 is 1.44 bits per heavy atom. The lowest BCUT2D eigenvalue weighted by molar-refractivity contribution is -0.143. The minimum Gasteiger partial charge on any atom is -0.466 e. The van der Waals surface area contributed by atoms with Crippen molar-refractivity contribution >= 4 is 11.9 Å². The quantitative estimate of drug-likeness (QED) is 0.507. The highest BCUT2D eigenvalue weighted by Crippen LogP contribution is 2.28. The van der Waals surface area contributed by atoms with Gasteiger partial charge in [-0.1, -0.05) is 0 Å². The summed E-state index contributed by atoms with van der Waals surface area (Å²) in [5.41, 5.74) is 5.18. The lowest BCUT2D eigenvalue weighted by atomic mass is 9.77. The van der Waals surface area contributed by atoms with Crippen LogP contribution in [0.2, 0.25) is 0 Å². The molecule has 0 bridgehead atoms. The van der Waals surface area contributed by atoms with E-state index in [1.165, 1.54) is 0 Å². The van der Waals surface area contributed by atoms with Crippen molar-refractivity contribution in [3.63, 3.8) is 0 Å². The molecule has 5 nitrogen and oxygen atoms in total. The second-order valence-electron chi connectivity index (χ2n) is 4.17. The summed E-state index contributed by atoms with van der Waals surface area (Å²) < 4.78 is 4.77. The lowest BCUT2D eigenvalue weighted by Gasteiger charge is -2.36. The van der Waals surface area contributed by atoms with Crippen molar-refractivity contribution < 1.29 is 14.3 Å². The number of nitrogens with one attached hydrogen (secondary N) is 1. The lowest BCUT2D eigenvalue weighted by Crippen LogP contribution is -2.58. The summed E-state index contributed by atoms with van der Waals surface area (Å²) in [7, 11) is 0. The van der Waals surface area contributed by atoms with Gasteiger partial charge in [0.25, 0.3) is 0 Å². The summed E-state index contributed by atoms with van der Waals surface area (Å²) >= 11 is 0. The van der Waals surface area contributed by atoms with E-state index in [-0.39, 0.29) is 11.9 Å². The van der Waals surface area contributed by atoms with Crippen molar-refractivity contribution in [1.29, 1.82) is 0 Å². The molecule has 0 aromatic carbocycles. The first kappa shape index (κ1) is 13.0. The van der Waals surface area contributed by atoms with Crippen LogP contribution in [0.5, 0.6) is 0 Å². The molecule has 0 spiro atoms. The van der Waals surface area contributed by atoms with E-state index >= 15 is 0 Å². The van der Waals surface area contributed by atoms with Gasteiger partial charge in [0.2, 0.25) is 5.91 Å². The molecule has 0 radical (unpaired) electrons. The SMILES string of the molecule is CCOC(=O)CCCNC(=O)C1(N)CCC1. The van der Waals surface area contributed by atoms with E-state index in [4.69, 9.17) is 10.5 Å². The van der Waals surface area contributed by atoms with Gasteiger partial charge in [-0.15, -0.1) is 0 Å². The van der Waals surface area contributed by atoms with Gasteiger partial charge in [-0.25, -0.2) is 0 Å². The zero-order chi connectivity index (χ0) is 12.0. The van der Waals surface area contributed by atoms with Crippen LogP contribution < -0.4 is 11.1 Å². The highest BCUT2D eigenvalue weighted by atomic mass is 16.5. The Kier molecular flexibility index (Phi) is 4.73. The minimum absolute atomic E-state index is 0.0948. The fourth-order valence-corrected chi connectivity index (χ4v) is 1.63. The topological polar surface area (TPSA) is 81.4 Å². The third kappa shape index (κ3) is 3.48. The maximum Gasteiger partial charge on any atom is 0.305 e. The van der Waals surface area contributed by atoms with E-state index in [1.54, 1.807) is 6.92 Å². The second kappa shape index (κ2) is 5.84. The molecule has 92 valence electrons. The maximum atomic E-state index is 11.6. The average Bonchev–Trinajstić information content (AvgIpc) is 2.21.